The van der Waals surface area contributed by atoms with Gasteiger partial charge in [-0.2, -0.15) is 4.37 Å². The van der Waals surface area contributed by atoms with E-state index < -0.39 is 13.0 Å². The van der Waals surface area contributed by atoms with E-state index in [4.69, 9.17) is 4.74 Å². The van der Waals surface area contributed by atoms with Crippen molar-refractivity contribution in [3.05, 3.63) is 5.82 Å². The van der Waals surface area contributed by atoms with Gasteiger partial charge in [-0.15, -0.1) is 0 Å². The number of nitrogens with one attached hydrogen (secondary N) is 1. The Morgan fingerprint density at radius 3 is 3.00 bits per heavy atom. The van der Waals surface area contributed by atoms with Crippen molar-refractivity contribution >= 4 is 16.7 Å². The molecule has 1 rings (SSSR count). The van der Waals surface area contributed by atoms with Crippen LogP contribution >= 0.6 is 11.5 Å². The smallest absolute Gasteiger partial charge is 0.261 e. The van der Waals surface area contributed by atoms with Gasteiger partial charge in [0.2, 0.25) is 5.13 Å². The van der Waals surface area contributed by atoms with Gasteiger partial charge in [-0.1, -0.05) is 6.92 Å². The quantitative estimate of drug-likeness (QED) is 0.719. The Balaban J connectivity index is 2.12. The molecule has 0 radical (unpaired) electrons. The summed E-state index contributed by atoms with van der Waals surface area (Å²) in [6.45, 7) is 2.26. The fourth-order valence-electron chi connectivity index (χ4n) is 1.05. The van der Waals surface area contributed by atoms with Gasteiger partial charge in [0.05, 0.1) is 6.61 Å². The number of hydrogen-bond donors (Lipinski definition) is 1. The third-order valence-electron chi connectivity index (χ3n) is 1.71. The zero-order chi connectivity index (χ0) is 11.8. The summed E-state index contributed by atoms with van der Waals surface area (Å²) in [7, 11) is 0. The van der Waals surface area contributed by atoms with E-state index in [1.54, 1.807) is 0 Å². The molecule has 1 aromatic heterocycles. The number of aryl methyl sites for hydroxylation is 1. The van der Waals surface area contributed by atoms with Crippen molar-refractivity contribution in [3.8, 4) is 0 Å². The van der Waals surface area contributed by atoms with Gasteiger partial charge in [0.25, 0.3) is 6.43 Å². The predicted octanol–water partition coefficient (Wildman–Crippen LogP) is 2.18. The Morgan fingerprint density at radius 2 is 2.31 bits per heavy atom. The summed E-state index contributed by atoms with van der Waals surface area (Å²) >= 11 is 1.28. The van der Waals surface area contributed by atoms with Gasteiger partial charge in [-0.05, 0) is 6.42 Å². The van der Waals surface area contributed by atoms with Gasteiger partial charge in [-0.25, -0.2) is 13.8 Å². The predicted molar refractivity (Wildman–Crippen MR) is 59.2 cm³/mol. The number of alkyl halides is 2. The summed E-state index contributed by atoms with van der Waals surface area (Å²) in [5, 5.41) is 3.68. The van der Waals surface area contributed by atoms with Gasteiger partial charge in [0.1, 0.15) is 12.4 Å². The third-order valence-corrected chi connectivity index (χ3v) is 2.42. The van der Waals surface area contributed by atoms with E-state index in [9.17, 15) is 8.78 Å². The second-order valence-electron chi connectivity index (χ2n) is 3.16. The molecule has 1 heterocycles. The van der Waals surface area contributed by atoms with Crippen LogP contribution < -0.4 is 5.32 Å². The van der Waals surface area contributed by atoms with Crippen LogP contribution in [0.4, 0.5) is 13.9 Å². The maximum absolute atomic E-state index is 11.7. The molecular formula is C9H15F2N3OS. The van der Waals surface area contributed by atoms with Crippen LogP contribution in [-0.4, -0.2) is 35.5 Å². The van der Waals surface area contributed by atoms with Crippen molar-refractivity contribution in [1.29, 1.82) is 0 Å². The van der Waals surface area contributed by atoms with E-state index in [2.05, 4.69) is 21.6 Å². The molecule has 0 unspecified atom stereocenters. The molecule has 7 heteroatoms. The van der Waals surface area contributed by atoms with Crippen molar-refractivity contribution in [3.63, 3.8) is 0 Å². The summed E-state index contributed by atoms with van der Waals surface area (Å²) in [5.74, 6) is 0.823. The van der Waals surface area contributed by atoms with E-state index in [-0.39, 0.29) is 6.61 Å². The molecule has 1 N–H and O–H groups in total. The first-order valence-corrected chi connectivity index (χ1v) is 5.92. The first-order valence-electron chi connectivity index (χ1n) is 5.14. The lowest BCUT2D eigenvalue weighted by molar-refractivity contribution is 0.0215. The molecule has 0 atom stereocenters. The van der Waals surface area contributed by atoms with Gasteiger partial charge >= 0.3 is 0 Å². The molecule has 0 spiro atoms. The highest BCUT2D eigenvalue weighted by Gasteiger charge is 2.03. The van der Waals surface area contributed by atoms with Crippen LogP contribution in [0, 0.1) is 0 Å². The number of nitrogens with zero attached hydrogens (tertiary/aromatic N) is 2. The highest BCUT2D eigenvalue weighted by Crippen LogP contribution is 2.11. The highest BCUT2D eigenvalue weighted by molar-refractivity contribution is 7.09. The second kappa shape index (κ2) is 7.45. The van der Waals surface area contributed by atoms with Gasteiger partial charge < -0.3 is 10.1 Å². The molecule has 1 aromatic rings. The molecule has 92 valence electrons. The molecule has 0 bridgehead atoms. The first kappa shape index (κ1) is 13.2. The van der Waals surface area contributed by atoms with Crippen LogP contribution in [0.25, 0.3) is 0 Å². The second-order valence-corrected chi connectivity index (χ2v) is 3.91. The van der Waals surface area contributed by atoms with Gasteiger partial charge in [-0.3, -0.25) is 0 Å². The monoisotopic (exact) mass is 251 g/mol. The highest BCUT2D eigenvalue weighted by atomic mass is 32.1. The lowest BCUT2D eigenvalue weighted by Crippen LogP contribution is -2.12. The first-order chi connectivity index (χ1) is 7.72. The maximum Gasteiger partial charge on any atom is 0.261 e. The standard InChI is InChI=1S/C9H15F2N3OS/c1-2-3-8-13-9(16-14-8)12-4-5-15-6-7(10)11/h7H,2-6H2,1H3,(H,12,13,14). The van der Waals surface area contributed by atoms with E-state index >= 15 is 0 Å². The van der Waals surface area contributed by atoms with E-state index in [0.29, 0.717) is 11.7 Å². The number of rotatable bonds is 8. The summed E-state index contributed by atoms with van der Waals surface area (Å²) in [5.41, 5.74) is 0. The lowest BCUT2D eigenvalue weighted by atomic mass is 10.3. The zero-order valence-electron chi connectivity index (χ0n) is 9.08. The zero-order valence-corrected chi connectivity index (χ0v) is 9.90. The van der Waals surface area contributed by atoms with Crippen molar-refractivity contribution in [1.82, 2.24) is 9.36 Å². The maximum atomic E-state index is 11.7. The molecule has 0 saturated carbocycles. The fraction of sp³-hybridized carbons (Fsp3) is 0.778. The summed E-state index contributed by atoms with van der Waals surface area (Å²) in [4.78, 5) is 4.23. The van der Waals surface area contributed by atoms with Gasteiger partial charge in [0, 0.05) is 24.5 Å². The SMILES string of the molecule is CCCc1nsc(NCCOCC(F)F)n1. The minimum absolute atomic E-state index is 0.243. The Kier molecular flexibility index (Phi) is 6.17. The molecule has 0 amide bonds. The Hall–Kier alpha value is -0.820. The largest absolute Gasteiger partial charge is 0.374 e. The summed E-state index contributed by atoms with van der Waals surface area (Å²) in [6, 6.07) is 0. The number of ether oxygens (including phenoxy) is 1. The van der Waals surface area contributed by atoms with Crippen LogP contribution in [-0.2, 0) is 11.2 Å². The topological polar surface area (TPSA) is 47.0 Å². The summed E-state index contributed by atoms with van der Waals surface area (Å²) < 4.78 is 32.3. The van der Waals surface area contributed by atoms with E-state index in [1.807, 2.05) is 0 Å². The number of aromatic nitrogens is 2. The third kappa shape index (κ3) is 5.32. The number of halogens is 2. The normalized spacial score (nSPS) is 11.0. The molecule has 0 fully saturated rings. The Bertz CT molecular complexity index is 296. The molecule has 0 aliphatic rings. The minimum atomic E-state index is -2.40. The molecule has 0 saturated heterocycles. The number of anilines is 1. The average molecular weight is 251 g/mol. The van der Waals surface area contributed by atoms with E-state index in [1.165, 1.54) is 11.5 Å². The van der Waals surface area contributed by atoms with Crippen LogP contribution in [0.15, 0.2) is 0 Å². The average Bonchev–Trinajstić information content (AvgIpc) is 2.65. The van der Waals surface area contributed by atoms with Crippen LogP contribution in [0.1, 0.15) is 19.2 Å². The van der Waals surface area contributed by atoms with Crippen molar-refractivity contribution in [2.75, 3.05) is 25.1 Å². The van der Waals surface area contributed by atoms with Gasteiger partial charge in [0.15, 0.2) is 0 Å². The lowest BCUT2D eigenvalue weighted by Gasteiger charge is -2.03. The molecule has 0 aromatic carbocycles. The van der Waals surface area contributed by atoms with Crippen LogP contribution in [0.5, 0.6) is 0 Å². The Labute approximate surface area is 97.2 Å². The molecule has 16 heavy (non-hydrogen) atoms. The molecule has 0 aliphatic carbocycles. The fourth-order valence-corrected chi connectivity index (χ4v) is 1.69. The molecular weight excluding hydrogens is 236 g/mol. The number of hydrogen-bond acceptors (Lipinski definition) is 5. The van der Waals surface area contributed by atoms with Crippen LogP contribution in [0.3, 0.4) is 0 Å². The summed E-state index contributed by atoms with van der Waals surface area (Å²) in [6.07, 6.45) is -0.536. The van der Waals surface area contributed by atoms with E-state index in [0.717, 1.165) is 18.7 Å². The minimum Gasteiger partial charge on any atom is -0.374 e. The molecule has 4 nitrogen and oxygen atoms in total. The van der Waals surface area contributed by atoms with Crippen molar-refractivity contribution in [2.45, 2.75) is 26.2 Å². The van der Waals surface area contributed by atoms with Crippen LogP contribution in [0.2, 0.25) is 0 Å². The molecule has 0 aliphatic heterocycles. The van der Waals surface area contributed by atoms with Crippen molar-refractivity contribution in [2.24, 2.45) is 0 Å². The van der Waals surface area contributed by atoms with Crippen molar-refractivity contribution < 1.29 is 13.5 Å². The Morgan fingerprint density at radius 1 is 1.50 bits per heavy atom.